The predicted molar refractivity (Wildman–Crippen MR) is 127 cm³/mol. The molecule has 8 nitrogen and oxygen atoms in total. The molecule has 1 aliphatic carbocycles. The fourth-order valence-electron chi connectivity index (χ4n) is 5.04. The van der Waals surface area contributed by atoms with Crippen molar-refractivity contribution in [3.8, 4) is 6.07 Å². The molecule has 5 rings (SSSR count). The Balaban J connectivity index is 1.51. The van der Waals surface area contributed by atoms with Crippen LogP contribution in [0.1, 0.15) is 56.9 Å². The number of rotatable bonds is 2. The summed E-state index contributed by atoms with van der Waals surface area (Å²) in [7, 11) is -3.28. The molecule has 0 radical (unpaired) electrons. The summed E-state index contributed by atoms with van der Waals surface area (Å²) in [4.78, 5) is 31.7. The molecule has 0 unspecified atom stereocenters. The van der Waals surface area contributed by atoms with E-state index in [-0.39, 0.29) is 24.8 Å². The average Bonchev–Trinajstić information content (AvgIpc) is 3.21. The number of carbonyl (C=O) groups excluding carboxylic acids is 2. The maximum atomic E-state index is 13.5. The van der Waals surface area contributed by atoms with E-state index in [9.17, 15) is 23.3 Å². The fraction of sp³-hybridized carbons (Fsp3) is 0.320. The lowest BCUT2D eigenvalue weighted by Gasteiger charge is -2.35. The smallest absolute Gasteiger partial charge is 0.253 e. The lowest BCUT2D eigenvalue weighted by molar-refractivity contribution is 0.0697. The largest absolute Gasteiger partial charge is 0.357 e. The summed E-state index contributed by atoms with van der Waals surface area (Å²) in [5.41, 5.74) is 3.83. The average molecular weight is 477 g/mol. The van der Waals surface area contributed by atoms with Crippen molar-refractivity contribution in [3.63, 3.8) is 0 Å². The Morgan fingerprint density at radius 3 is 2.44 bits per heavy atom. The number of fused-ring (bicyclic) bond motifs is 4. The normalized spacial score (nSPS) is 17.8. The molecule has 3 aromatic rings. The quantitative estimate of drug-likeness (QED) is 0.611. The van der Waals surface area contributed by atoms with Gasteiger partial charge in [-0.15, -0.1) is 0 Å². The third-order valence-corrected chi connectivity index (χ3v) is 8.26. The Bertz CT molecular complexity index is 1520. The first kappa shape index (κ1) is 22.3. The summed E-state index contributed by atoms with van der Waals surface area (Å²) in [6, 6.07) is 12.5. The van der Waals surface area contributed by atoms with Crippen LogP contribution in [0.2, 0.25) is 0 Å². The number of aromatic nitrogens is 1. The zero-order chi connectivity index (χ0) is 24.4. The molecule has 34 heavy (non-hydrogen) atoms. The second-order valence-electron chi connectivity index (χ2n) is 9.42. The van der Waals surface area contributed by atoms with Crippen LogP contribution in [0.3, 0.4) is 0 Å². The molecule has 0 spiro atoms. The van der Waals surface area contributed by atoms with Crippen LogP contribution in [0, 0.1) is 11.3 Å². The minimum atomic E-state index is -3.28. The van der Waals surface area contributed by atoms with E-state index < -0.39 is 15.4 Å². The van der Waals surface area contributed by atoms with Crippen molar-refractivity contribution >= 4 is 32.6 Å². The van der Waals surface area contributed by atoms with Gasteiger partial charge in [0, 0.05) is 59.3 Å². The number of hydrogen-bond acceptors (Lipinski definition) is 5. The summed E-state index contributed by atoms with van der Waals surface area (Å²) >= 11 is 0. The number of amides is 1. The topological polar surface area (TPSA) is 114 Å². The maximum Gasteiger partial charge on any atom is 0.253 e. The highest BCUT2D eigenvalue weighted by Gasteiger charge is 2.40. The van der Waals surface area contributed by atoms with Gasteiger partial charge in [0.25, 0.3) is 5.91 Å². The minimum absolute atomic E-state index is 0.110. The zero-order valence-electron chi connectivity index (χ0n) is 19.2. The van der Waals surface area contributed by atoms with Crippen LogP contribution in [-0.4, -0.2) is 66.7 Å². The predicted octanol–water partition coefficient (Wildman–Crippen LogP) is 2.63. The number of piperazine rings is 1. The summed E-state index contributed by atoms with van der Waals surface area (Å²) in [6.07, 6.45) is 1.17. The molecule has 1 aromatic heterocycles. The fourth-order valence-corrected chi connectivity index (χ4v) is 5.87. The van der Waals surface area contributed by atoms with E-state index in [1.807, 2.05) is 13.8 Å². The van der Waals surface area contributed by atoms with E-state index in [0.29, 0.717) is 35.3 Å². The van der Waals surface area contributed by atoms with Gasteiger partial charge in [0.05, 0.1) is 23.5 Å². The molecule has 1 N–H and O–H groups in total. The van der Waals surface area contributed by atoms with E-state index in [1.165, 1.54) is 10.6 Å². The Hall–Kier alpha value is -3.48. The Morgan fingerprint density at radius 1 is 1.09 bits per heavy atom. The van der Waals surface area contributed by atoms with Crippen LogP contribution in [0.15, 0.2) is 36.4 Å². The van der Waals surface area contributed by atoms with E-state index in [1.54, 1.807) is 41.3 Å². The van der Waals surface area contributed by atoms with Gasteiger partial charge in [-0.05, 0) is 35.9 Å². The Kier molecular flexibility index (Phi) is 4.93. The van der Waals surface area contributed by atoms with E-state index >= 15 is 0 Å². The van der Waals surface area contributed by atoms with Crippen LogP contribution in [0.4, 0.5) is 0 Å². The highest BCUT2D eigenvalue weighted by molar-refractivity contribution is 7.88. The molecule has 0 bridgehead atoms. The Morgan fingerprint density at radius 2 is 1.79 bits per heavy atom. The van der Waals surface area contributed by atoms with Gasteiger partial charge in [-0.3, -0.25) is 9.59 Å². The second-order valence-corrected chi connectivity index (χ2v) is 11.4. The summed E-state index contributed by atoms with van der Waals surface area (Å²) in [6.45, 7) is 5.19. The van der Waals surface area contributed by atoms with Crippen molar-refractivity contribution in [1.29, 1.82) is 5.26 Å². The van der Waals surface area contributed by atoms with Crippen molar-refractivity contribution in [2.45, 2.75) is 19.3 Å². The third kappa shape index (κ3) is 3.33. The van der Waals surface area contributed by atoms with Gasteiger partial charge >= 0.3 is 0 Å². The van der Waals surface area contributed by atoms with Gasteiger partial charge in [0.1, 0.15) is 0 Å². The maximum absolute atomic E-state index is 13.5. The minimum Gasteiger partial charge on any atom is -0.357 e. The molecule has 2 aliphatic rings. The van der Waals surface area contributed by atoms with Crippen molar-refractivity contribution in [2.75, 3.05) is 32.4 Å². The first-order valence-corrected chi connectivity index (χ1v) is 12.9. The van der Waals surface area contributed by atoms with Crippen LogP contribution in [0.25, 0.3) is 10.9 Å². The number of nitriles is 1. The Labute approximate surface area is 197 Å². The SMILES string of the molecule is CC1(C)c2cc(C(=O)N3CCN(S(C)(=O)=O)CC3)ccc2C(=O)c2c1[nH]c1cc(C#N)ccc21. The summed E-state index contributed by atoms with van der Waals surface area (Å²) in [5, 5.41) is 10.0. The number of sulfonamides is 1. The number of aromatic amines is 1. The molecule has 1 saturated heterocycles. The van der Waals surface area contributed by atoms with Crippen LogP contribution in [-0.2, 0) is 15.4 Å². The van der Waals surface area contributed by atoms with Gasteiger partial charge < -0.3 is 9.88 Å². The number of nitrogens with one attached hydrogen (secondary N) is 1. The number of H-pyrrole nitrogens is 1. The molecule has 0 saturated carbocycles. The van der Waals surface area contributed by atoms with Crippen molar-refractivity contribution in [2.24, 2.45) is 0 Å². The second kappa shape index (κ2) is 7.52. The van der Waals surface area contributed by atoms with E-state index in [0.717, 1.165) is 22.2 Å². The summed E-state index contributed by atoms with van der Waals surface area (Å²) < 4.78 is 24.9. The highest BCUT2D eigenvalue weighted by Crippen LogP contribution is 2.44. The molecule has 2 aromatic carbocycles. The number of ketones is 1. The zero-order valence-corrected chi connectivity index (χ0v) is 20.0. The lowest BCUT2D eigenvalue weighted by atomic mass is 9.71. The van der Waals surface area contributed by atoms with Gasteiger partial charge in [0.2, 0.25) is 10.0 Å². The lowest BCUT2D eigenvalue weighted by Crippen LogP contribution is -2.50. The monoisotopic (exact) mass is 476 g/mol. The molecular weight excluding hydrogens is 452 g/mol. The van der Waals surface area contributed by atoms with Gasteiger partial charge in [-0.25, -0.2) is 8.42 Å². The molecular formula is C25H24N4O4S. The van der Waals surface area contributed by atoms with Gasteiger partial charge in [-0.1, -0.05) is 19.9 Å². The van der Waals surface area contributed by atoms with E-state index in [4.69, 9.17) is 0 Å². The van der Waals surface area contributed by atoms with Crippen LogP contribution < -0.4 is 0 Å². The van der Waals surface area contributed by atoms with Crippen LogP contribution in [0.5, 0.6) is 0 Å². The molecule has 0 atom stereocenters. The van der Waals surface area contributed by atoms with Crippen LogP contribution >= 0.6 is 0 Å². The molecule has 2 heterocycles. The molecule has 1 amide bonds. The number of nitrogens with zero attached hydrogens (tertiary/aromatic N) is 3. The number of carbonyl (C=O) groups is 2. The highest BCUT2D eigenvalue weighted by atomic mass is 32.2. The van der Waals surface area contributed by atoms with Gasteiger partial charge in [-0.2, -0.15) is 9.57 Å². The molecule has 1 aliphatic heterocycles. The molecule has 9 heteroatoms. The number of hydrogen-bond donors (Lipinski definition) is 1. The van der Waals surface area contributed by atoms with Crippen molar-refractivity contribution in [1.82, 2.24) is 14.2 Å². The molecule has 1 fully saturated rings. The van der Waals surface area contributed by atoms with E-state index in [2.05, 4.69) is 11.1 Å². The van der Waals surface area contributed by atoms with Crippen molar-refractivity contribution in [3.05, 3.63) is 69.9 Å². The standard InChI is InChI=1S/C25H24N4O4S/c1-25(2)19-13-16(24(31)28-8-10-29(11-9-28)34(3,32)33)5-7-17(19)22(30)21-18-6-4-15(14-26)12-20(18)27-23(21)25/h4-7,12-13,27H,8-11H2,1-3H3. The number of benzene rings is 2. The first-order valence-electron chi connectivity index (χ1n) is 11.0. The summed E-state index contributed by atoms with van der Waals surface area (Å²) in [5.74, 6) is -0.290. The third-order valence-electron chi connectivity index (χ3n) is 6.96. The van der Waals surface area contributed by atoms with Crippen molar-refractivity contribution < 1.29 is 18.0 Å². The first-order chi connectivity index (χ1) is 16.0. The van der Waals surface area contributed by atoms with Gasteiger partial charge in [0.15, 0.2) is 5.78 Å². The molecule has 174 valence electrons.